The lowest BCUT2D eigenvalue weighted by molar-refractivity contribution is 0.266. The number of benzene rings is 1. The van der Waals surface area contributed by atoms with E-state index in [2.05, 4.69) is 17.1 Å². The second-order valence-corrected chi connectivity index (χ2v) is 6.11. The summed E-state index contributed by atoms with van der Waals surface area (Å²) in [6, 6.07) is 7.32. The van der Waals surface area contributed by atoms with Gasteiger partial charge < -0.3 is 10.2 Å². The summed E-state index contributed by atoms with van der Waals surface area (Å²) in [7, 11) is 0. The van der Waals surface area contributed by atoms with Gasteiger partial charge in [-0.05, 0) is 69.6 Å². The Labute approximate surface area is 128 Å². The van der Waals surface area contributed by atoms with E-state index in [1.807, 2.05) is 12.1 Å². The van der Waals surface area contributed by atoms with Gasteiger partial charge in [0.05, 0.1) is 0 Å². The van der Waals surface area contributed by atoms with E-state index in [0.29, 0.717) is 0 Å². The molecule has 1 fully saturated rings. The average molecular weight is 292 g/mol. The fourth-order valence-corrected chi connectivity index (χ4v) is 3.10. The molecule has 1 aliphatic heterocycles. The largest absolute Gasteiger partial charge is 0.310 e. The lowest BCUT2D eigenvalue weighted by Gasteiger charge is -2.25. The molecule has 1 N–H and O–H groups in total. The highest BCUT2D eigenvalue weighted by Gasteiger charge is 2.15. The molecule has 2 nitrogen and oxygen atoms in total. The van der Waals surface area contributed by atoms with Crippen LogP contribution in [0.3, 0.4) is 0 Å². The Morgan fingerprint density at radius 2 is 1.95 bits per heavy atom. The first kappa shape index (κ1) is 16.4. The van der Waals surface area contributed by atoms with Crippen molar-refractivity contribution in [2.45, 2.75) is 51.5 Å². The molecule has 1 aliphatic rings. The fraction of sp³-hybridized carbons (Fsp3) is 0.667. The standard InChI is InChI=1S/C18H29FN2/c1-2-11-20-18(16-8-7-9-17(19)15-16)10-14-21-12-5-3-4-6-13-21/h7-9,15,18,20H,2-6,10-14H2,1H3. The van der Waals surface area contributed by atoms with Crippen molar-refractivity contribution < 1.29 is 4.39 Å². The molecule has 1 aromatic carbocycles. The maximum Gasteiger partial charge on any atom is 0.123 e. The third-order valence-electron chi connectivity index (χ3n) is 4.32. The van der Waals surface area contributed by atoms with Crippen LogP contribution in [-0.2, 0) is 0 Å². The first-order chi connectivity index (χ1) is 10.3. The first-order valence-corrected chi connectivity index (χ1v) is 8.51. The second-order valence-electron chi connectivity index (χ2n) is 6.11. The Balaban J connectivity index is 1.92. The van der Waals surface area contributed by atoms with Crippen LogP contribution in [-0.4, -0.2) is 31.1 Å². The van der Waals surface area contributed by atoms with Gasteiger partial charge >= 0.3 is 0 Å². The zero-order chi connectivity index (χ0) is 14.9. The molecule has 0 saturated carbocycles. The Bertz CT molecular complexity index is 400. The maximum absolute atomic E-state index is 13.5. The van der Waals surface area contributed by atoms with E-state index < -0.39 is 0 Å². The van der Waals surface area contributed by atoms with Crippen molar-refractivity contribution in [1.29, 1.82) is 0 Å². The SMILES string of the molecule is CCCNC(CCN1CCCCCC1)c1cccc(F)c1. The second kappa shape index (κ2) is 9.16. The van der Waals surface area contributed by atoms with Crippen molar-refractivity contribution in [3.05, 3.63) is 35.6 Å². The summed E-state index contributed by atoms with van der Waals surface area (Å²) in [4.78, 5) is 2.58. The van der Waals surface area contributed by atoms with Crippen LogP contribution in [0.25, 0.3) is 0 Å². The predicted octanol–water partition coefficient (Wildman–Crippen LogP) is 4.13. The molecule has 0 aliphatic carbocycles. The minimum atomic E-state index is -0.134. The lowest BCUT2D eigenvalue weighted by atomic mass is 10.0. The Hall–Kier alpha value is -0.930. The summed E-state index contributed by atoms with van der Waals surface area (Å²) in [5.41, 5.74) is 1.08. The summed E-state index contributed by atoms with van der Waals surface area (Å²) < 4.78 is 13.5. The highest BCUT2D eigenvalue weighted by atomic mass is 19.1. The molecular weight excluding hydrogens is 263 g/mol. The van der Waals surface area contributed by atoms with Crippen molar-refractivity contribution in [2.75, 3.05) is 26.2 Å². The molecule has 3 heteroatoms. The summed E-state index contributed by atoms with van der Waals surface area (Å²) in [5, 5.41) is 3.57. The van der Waals surface area contributed by atoms with Crippen LogP contribution in [0, 0.1) is 5.82 Å². The van der Waals surface area contributed by atoms with Gasteiger partial charge in [0.15, 0.2) is 0 Å². The molecule has 1 atom stereocenters. The van der Waals surface area contributed by atoms with E-state index in [1.54, 1.807) is 6.07 Å². The summed E-state index contributed by atoms with van der Waals surface area (Å²) in [5.74, 6) is -0.134. The molecule has 2 rings (SSSR count). The molecule has 1 heterocycles. The van der Waals surface area contributed by atoms with Crippen LogP contribution in [0.1, 0.15) is 57.1 Å². The van der Waals surface area contributed by atoms with Crippen molar-refractivity contribution in [3.8, 4) is 0 Å². The van der Waals surface area contributed by atoms with Crippen LogP contribution < -0.4 is 5.32 Å². The molecule has 0 aromatic heterocycles. The molecule has 1 aromatic rings. The van der Waals surface area contributed by atoms with E-state index >= 15 is 0 Å². The smallest absolute Gasteiger partial charge is 0.123 e. The van der Waals surface area contributed by atoms with Crippen molar-refractivity contribution in [2.24, 2.45) is 0 Å². The molecule has 21 heavy (non-hydrogen) atoms. The van der Waals surface area contributed by atoms with Gasteiger partial charge in [0.2, 0.25) is 0 Å². The third kappa shape index (κ3) is 5.76. The summed E-state index contributed by atoms with van der Waals surface area (Å²) in [6.07, 6.45) is 7.56. The molecule has 1 saturated heterocycles. The van der Waals surface area contributed by atoms with Gasteiger partial charge in [0, 0.05) is 6.04 Å². The Kier molecular flexibility index (Phi) is 7.17. The number of nitrogens with one attached hydrogen (secondary N) is 1. The average Bonchev–Trinajstić information content (AvgIpc) is 2.76. The highest BCUT2D eigenvalue weighted by molar-refractivity contribution is 5.20. The van der Waals surface area contributed by atoms with Crippen LogP contribution in [0.2, 0.25) is 0 Å². The molecule has 1 unspecified atom stereocenters. The van der Waals surface area contributed by atoms with Gasteiger partial charge in [-0.15, -0.1) is 0 Å². The third-order valence-corrected chi connectivity index (χ3v) is 4.32. The Morgan fingerprint density at radius 3 is 2.62 bits per heavy atom. The minimum Gasteiger partial charge on any atom is -0.310 e. The maximum atomic E-state index is 13.5. The summed E-state index contributed by atoms with van der Waals surface area (Å²) in [6.45, 7) is 6.72. The number of hydrogen-bond donors (Lipinski definition) is 1. The van der Waals surface area contributed by atoms with Crippen molar-refractivity contribution in [3.63, 3.8) is 0 Å². The number of likely N-dealkylation sites (tertiary alicyclic amines) is 1. The van der Waals surface area contributed by atoms with Gasteiger partial charge in [-0.1, -0.05) is 31.9 Å². The van der Waals surface area contributed by atoms with Crippen LogP contribution in [0.15, 0.2) is 24.3 Å². The lowest BCUT2D eigenvalue weighted by Crippen LogP contribution is -2.30. The number of halogens is 1. The topological polar surface area (TPSA) is 15.3 Å². The number of hydrogen-bond acceptors (Lipinski definition) is 2. The molecule has 118 valence electrons. The highest BCUT2D eigenvalue weighted by Crippen LogP contribution is 2.19. The quantitative estimate of drug-likeness (QED) is 0.813. The summed E-state index contributed by atoms with van der Waals surface area (Å²) >= 11 is 0. The van der Waals surface area contributed by atoms with Gasteiger partial charge in [-0.25, -0.2) is 4.39 Å². The number of nitrogens with zero attached hydrogens (tertiary/aromatic N) is 1. The predicted molar refractivity (Wildman–Crippen MR) is 87.0 cm³/mol. The molecule has 0 spiro atoms. The normalized spacial score (nSPS) is 18.4. The molecule has 0 radical (unpaired) electrons. The monoisotopic (exact) mass is 292 g/mol. The fourth-order valence-electron chi connectivity index (χ4n) is 3.10. The van der Waals surface area contributed by atoms with Crippen LogP contribution in [0.5, 0.6) is 0 Å². The van der Waals surface area contributed by atoms with Crippen LogP contribution >= 0.6 is 0 Å². The molecule has 0 amide bonds. The minimum absolute atomic E-state index is 0.134. The van der Waals surface area contributed by atoms with E-state index in [1.165, 1.54) is 44.8 Å². The van der Waals surface area contributed by atoms with Crippen LogP contribution in [0.4, 0.5) is 4.39 Å². The van der Waals surface area contributed by atoms with Gasteiger partial charge in [0.1, 0.15) is 5.82 Å². The van der Waals surface area contributed by atoms with E-state index in [0.717, 1.165) is 31.5 Å². The molecular formula is C18H29FN2. The van der Waals surface area contributed by atoms with Crippen molar-refractivity contribution in [1.82, 2.24) is 10.2 Å². The van der Waals surface area contributed by atoms with Crippen molar-refractivity contribution >= 4 is 0 Å². The van der Waals surface area contributed by atoms with E-state index in [-0.39, 0.29) is 11.9 Å². The zero-order valence-corrected chi connectivity index (χ0v) is 13.3. The van der Waals surface area contributed by atoms with E-state index in [4.69, 9.17) is 0 Å². The number of rotatable bonds is 7. The Morgan fingerprint density at radius 1 is 1.19 bits per heavy atom. The first-order valence-electron chi connectivity index (χ1n) is 8.51. The zero-order valence-electron chi connectivity index (χ0n) is 13.3. The van der Waals surface area contributed by atoms with Gasteiger partial charge in [-0.3, -0.25) is 0 Å². The van der Waals surface area contributed by atoms with E-state index in [9.17, 15) is 4.39 Å². The molecule has 0 bridgehead atoms. The van der Waals surface area contributed by atoms with Gasteiger partial charge in [0.25, 0.3) is 0 Å². The van der Waals surface area contributed by atoms with Gasteiger partial charge in [-0.2, -0.15) is 0 Å².